The van der Waals surface area contributed by atoms with Gasteiger partial charge in [-0.3, -0.25) is 9.59 Å². The van der Waals surface area contributed by atoms with E-state index in [2.05, 4.69) is 5.32 Å². The Balaban J connectivity index is 2.23. The Morgan fingerprint density at radius 3 is 2.36 bits per heavy atom. The Morgan fingerprint density at radius 1 is 1.12 bits per heavy atom. The quantitative estimate of drug-likeness (QED) is 0.878. The van der Waals surface area contributed by atoms with Crippen molar-refractivity contribution < 1.29 is 14.0 Å². The van der Waals surface area contributed by atoms with Crippen LogP contribution in [0.1, 0.15) is 23.6 Å². The normalized spacial score (nSPS) is 11.7. The van der Waals surface area contributed by atoms with E-state index in [9.17, 15) is 14.0 Å². The van der Waals surface area contributed by atoms with E-state index in [4.69, 9.17) is 0 Å². The predicted octanol–water partition coefficient (Wildman–Crippen LogP) is 2.84. The van der Waals surface area contributed by atoms with Gasteiger partial charge in [-0.05, 0) is 42.7 Å². The minimum absolute atomic E-state index is 0.119. The number of benzene rings is 2. The minimum Gasteiger partial charge on any atom is -0.357 e. The predicted molar refractivity (Wildman–Crippen MR) is 95.4 cm³/mol. The number of rotatable bonds is 6. The molecule has 0 aliphatic rings. The molecule has 1 atom stereocenters. The SMILES string of the molecule is CNC(=O)[C@H](C)N(Cc1ccccc1C)C(=O)Cc1ccc(F)cc1. The van der Waals surface area contributed by atoms with Crippen LogP contribution in [0.15, 0.2) is 48.5 Å². The van der Waals surface area contributed by atoms with Crippen LogP contribution in [0.5, 0.6) is 0 Å². The second kappa shape index (κ2) is 8.42. The summed E-state index contributed by atoms with van der Waals surface area (Å²) in [5.41, 5.74) is 2.77. The number of nitrogens with zero attached hydrogens (tertiary/aromatic N) is 1. The zero-order valence-corrected chi connectivity index (χ0v) is 14.8. The lowest BCUT2D eigenvalue weighted by Gasteiger charge is -2.29. The van der Waals surface area contributed by atoms with E-state index in [0.717, 1.165) is 11.1 Å². The highest BCUT2D eigenvalue weighted by Crippen LogP contribution is 2.15. The third-order valence-corrected chi connectivity index (χ3v) is 4.28. The third kappa shape index (κ3) is 4.89. The highest BCUT2D eigenvalue weighted by atomic mass is 19.1. The fourth-order valence-electron chi connectivity index (χ4n) is 2.64. The van der Waals surface area contributed by atoms with Crippen LogP contribution in [0.4, 0.5) is 4.39 Å². The Kier molecular flexibility index (Phi) is 6.28. The summed E-state index contributed by atoms with van der Waals surface area (Å²) in [5.74, 6) is -0.737. The van der Waals surface area contributed by atoms with Crippen molar-refractivity contribution in [3.05, 3.63) is 71.0 Å². The largest absolute Gasteiger partial charge is 0.357 e. The summed E-state index contributed by atoms with van der Waals surface area (Å²) < 4.78 is 13.0. The van der Waals surface area contributed by atoms with Crippen molar-refractivity contribution in [1.82, 2.24) is 10.2 Å². The van der Waals surface area contributed by atoms with Crippen molar-refractivity contribution in [2.75, 3.05) is 7.05 Å². The Hall–Kier alpha value is -2.69. The van der Waals surface area contributed by atoms with E-state index in [-0.39, 0.29) is 24.1 Å². The zero-order valence-electron chi connectivity index (χ0n) is 14.8. The summed E-state index contributed by atoms with van der Waals surface area (Å²) in [7, 11) is 1.55. The number of carbonyl (C=O) groups excluding carboxylic acids is 2. The Labute approximate surface area is 147 Å². The lowest BCUT2D eigenvalue weighted by Crippen LogP contribution is -2.47. The van der Waals surface area contributed by atoms with E-state index < -0.39 is 6.04 Å². The molecule has 0 aliphatic carbocycles. The first-order valence-electron chi connectivity index (χ1n) is 8.22. The Morgan fingerprint density at radius 2 is 1.76 bits per heavy atom. The van der Waals surface area contributed by atoms with Crippen LogP contribution >= 0.6 is 0 Å². The summed E-state index contributed by atoms with van der Waals surface area (Å²) in [6, 6.07) is 13.0. The van der Waals surface area contributed by atoms with E-state index in [0.29, 0.717) is 12.1 Å². The molecule has 0 bridgehead atoms. The van der Waals surface area contributed by atoms with Gasteiger partial charge < -0.3 is 10.2 Å². The number of hydrogen-bond acceptors (Lipinski definition) is 2. The number of amides is 2. The van der Waals surface area contributed by atoms with Gasteiger partial charge in [0.2, 0.25) is 11.8 Å². The van der Waals surface area contributed by atoms with E-state index in [1.807, 2.05) is 31.2 Å². The van der Waals surface area contributed by atoms with Gasteiger partial charge in [-0.25, -0.2) is 4.39 Å². The highest BCUT2D eigenvalue weighted by Gasteiger charge is 2.25. The number of carbonyl (C=O) groups is 2. The van der Waals surface area contributed by atoms with Gasteiger partial charge in [0.25, 0.3) is 0 Å². The number of hydrogen-bond donors (Lipinski definition) is 1. The van der Waals surface area contributed by atoms with Gasteiger partial charge in [0.05, 0.1) is 6.42 Å². The van der Waals surface area contributed by atoms with E-state index in [1.54, 1.807) is 31.0 Å². The fraction of sp³-hybridized carbons (Fsp3) is 0.300. The summed E-state index contributed by atoms with van der Waals surface area (Å²) in [4.78, 5) is 26.5. The number of halogens is 1. The molecule has 4 nitrogen and oxygen atoms in total. The van der Waals surface area contributed by atoms with E-state index in [1.165, 1.54) is 12.1 Å². The van der Waals surface area contributed by atoms with Gasteiger partial charge in [0.1, 0.15) is 11.9 Å². The molecule has 2 aromatic carbocycles. The molecule has 0 aromatic heterocycles. The topological polar surface area (TPSA) is 49.4 Å². The molecule has 0 aliphatic heterocycles. The summed E-state index contributed by atoms with van der Waals surface area (Å²) >= 11 is 0. The van der Waals surface area contributed by atoms with Crippen LogP contribution in [0.3, 0.4) is 0 Å². The van der Waals surface area contributed by atoms with Gasteiger partial charge in [0.15, 0.2) is 0 Å². The summed E-state index contributed by atoms with van der Waals surface area (Å²) in [6.07, 6.45) is 0.119. The summed E-state index contributed by atoms with van der Waals surface area (Å²) in [5, 5.41) is 2.59. The molecule has 5 heteroatoms. The average Bonchev–Trinajstić information content (AvgIpc) is 2.61. The summed E-state index contributed by atoms with van der Waals surface area (Å²) in [6.45, 7) is 4.03. The molecule has 0 spiro atoms. The van der Waals surface area contributed by atoms with Crippen molar-refractivity contribution in [2.45, 2.75) is 32.9 Å². The number of aryl methyl sites for hydroxylation is 1. The molecular weight excluding hydrogens is 319 g/mol. The highest BCUT2D eigenvalue weighted by molar-refractivity contribution is 5.88. The van der Waals surface area contributed by atoms with Crippen LogP contribution in [0.2, 0.25) is 0 Å². The molecule has 0 heterocycles. The molecule has 25 heavy (non-hydrogen) atoms. The molecule has 2 amide bonds. The lowest BCUT2D eigenvalue weighted by atomic mass is 10.1. The zero-order chi connectivity index (χ0) is 18.4. The second-order valence-corrected chi connectivity index (χ2v) is 6.04. The molecular formula is C20H23FN2O2. The first kappa shape index (κ1) is 18.6. The van der Waals surface area contributed by atoms with Crippen molar-refractivity contribution >= 4 is 11.8 Å². The first-order valence-corrected chi connectivity index (χ1v) is 8.22. The van der Waals surface area contributed by atoms with Crippen LogP contribution in [0.25, 0.3) is 0 Å². The van der Waals surface area contributed by atoms with Crippen LogP contribution in [0, 0.1) is 12.7 Å². The number of nitrogens with one attached hydrogen (secondary N) is 1. The van der Waals surface area contributed by atoms with Crippen molar-refractivity contribution in [3.8, 4) is 0 Å². The van der Waals surface area contributed by atoms with Gasteiger partial charge in [-0.2, -0.15) is 0 Å². The molecule has 1 N–H and O–H groups in total. The average molecular weight is 342 g/mol. The smallest absolute Gasteiger partial charge is 0.242 e. The lowest BCUT2D eigenvalue weighted by molar-refractivity contribution is -0.139. The minimum atomic E-state index is -0.599. The molecule has 0 unspecified atom stereocenters. The molecule has 0 saturated heterocycles. The fourth-order valence-corrected chi connectivity index (χ4v) is 2.64. The van der Waals surface area contributed by atoms with Gasteiger partial charge in [-0.15, -0.1) is 0 Å². The molecule has 0 fully saturated rings. The monoisotopic (exact) mass is 342 g/mol. The Bertz CT molecular complexity index is 744. The first-order chi connectivity index (χ1) is 11.9. The van der Waals surface area contributed by atoms with Crippen LogP contribution < -0.4 is 5.32 Å². The van der Waals surface area contributed by atoms with Crippen LogP contribution in [-0.4, -0.2) is 29.8 Å². The number of likely N-dealkylation sites (N-methyl/N-ethyl adjacent to an activating group) is 1. The molecule has 132 valence electrons. The second-order valence-electron chi connectivity index (χ2n) is 6.04. The molecule has 2 rings (SSSR count). The molecule has 0 radical (unpaired) electrons. The van der Waals surface area contributed by atoms with E-state index >= 15 is 0 Å². The van der Waals surface area contributed by atoms with Gasteiger partial charge >= 0.3 is 0 Å². The van der Waals surface area contributed by atoms with Crippen molar-refractivity contribution in [2.24, 2.45) is 0 Å². The molecule has 2 aromatic rings. The maximum Gasteiger partial charge on any atom is 0.242 e. The van der Waals surface area contributed by atoms with Gasteiger partial charge in [-0.1, -0.05) is 36.4 Å². The van der Waals surface area contributed by atoms with Crippen molar-refractivity contribution in [3.63, 3.8) is 0 Å². The standard InChI is InChI=1S/C20H23FN2O2/c1-14-6-4-5-7-17(14)13-23(15(2)20(25)22-3)19(24)12-16-8-10-18(21)11-9-16/h4-11,15H,12-13H2,1-3H3,(H,22,25)/t15-/m0/s1. The molecule has 0 saturated carbocycles. The maximum absolute atomic E-state index is 13.0. The van der Waals surface area contributed by atoms with Crippen molar-refractivity contribution in [1.29, 1.82) is 0 Å². The van der Waals surface area contributed by atoms with Gasteiger partial charge in [0, 0.05) is 13.6 Å². The van der Waals surface area contributed by atoms with Crippen LogP contribution in [-0.2, 0) is 22.6 Å². The maximum atomic E-state index is 13.0. The third-order valence-electron chi connectivity index (χ3n) is 4.28.